The topological polar surface area (TPSA) is 58.5 Å². The third-order valence-electron chi connectivity index (χ3n) is 5.43. The first-order chi connectivity index (χ1) is 11.7. The monoisotopic (exact) mass is 364 g/mol. The zero-order valence-corrected chi connectivity index (χ0v) is 17.2. The molecule has 2 aliphatic rings. The van der Waals surface area contributed by atoms with Gasteiger partial charge in [0.1, 0.15) is 5.01 Å². The summed E-state index contributed by atoms with van der Waals surface area (Å²) in [7, 11) is 0. The molecule has 0 amide bonds. The van der Waals surface area contributed by atoms with Gasteiger partial charge in [-0.25, -0.2) is 9.98 Å². The van der Waals surface area contributed by atoms with Crippen LogP contribution in [-0.4, -0.2) is 36.2 Å². The zero-order valence-electron chi connectivity index (χ0n) is 16.3. The van der Waals surface area contributed by atoms with Crippen molar-refractivity contribution in [3.05, 3.63) is 16.1 Å². The van der Waals surface area contributed by atoms with Gasteiger partial charge in [0.2, 0.25) is 0 Å². The molecule has 2 heterocycles. The number of aromatic nitrogens is 1. The highest BCUT2D eigenvalue weighted by Crippen LogP contribution is 2.52. The van der Waals surface area contributed by atoms with E-state index in [0.717, 1.165) is 36.2 Å². The molecular weight excluding hydrogens is 332 g/mol. The van der Waals surface area contributed by atoms with Crippen molar-refractivity contribution in [3.8, 4) is 0 Å². The number of nitrogens with zero attached hydrogens (tertiary/aromatic N) is 2. The van der Waals surface area contributed by atoms with Crippen LogP contribution in [0.25, 0.3) is 0 Å². The Morgan fingerprint density at radius 3 is 2.84 bits per heavy atom. The third kappa shape index (κ3) is 3.70. The second-order valence-electron chi connectivity index (χ2n) is 8.76. The standard InChI is InChI=1S/C19H32N4OS/c1-7-20-17(21-10-14-22-13(11-25-14)18(2,3)4)23-15-12-8-9-24-16(12)19(15,5)6/h11-12,15-16H,7-10H2,1-6H3,(H2,20,21,23). The fourth-order valence-corrected chi connectivity index (χ4v) is 4.90. The molecule has 3 rings (SSSR count). The summed E-state index contributed by atoms with van der Waals surface area (Å²) in [5.74, 6) is 1.49. The van der Waals surface area contributed by atoms with E-state index >= 15 is 0 Å². The number of thiazole rings is 1. The van der Waals surface area contributed by atoms with Crippen LogP contribution in [0.1, 0.15) is 58.7 Å². The van der Waals surface area contributed by atoms with Gasteiger partial charge in [0.05, 0.1) is 18.3 Å². The molecule has 5 nitrogen and oxygen atoms in total. The van der Waals surface area contributed by atoms with E-state index in [1.807, 2.05) is 0 Å². The first-order valence-corrected chi connectivity index (χ1v) is 10.2. The maximum atomic E-state index is 5.89. The van der Waals surface area contributed by atoms with Gasteiger partial charge < -0.3 is 15.4 Å². The fraction of sp³-hybridized carbons (Fsp3) is 0.789. The molecular formula is C19H32N4OS. The Morgan fingerprint density at radius 2 is 2.20 bits per heavy atom. The highest BCUT2D eigenvalue weighted by molar-refractivity contribution is 7.09. The van der Waals surface area contributed by atoms with E-state index < -0.39 is 0 Å². The number of hydrogen-bond acceptors (Lipinski definition) is 4. The van der Waals surface area contributed by atoms with Crippen LogP contribution in [-0.2, 0) is 16.7 Å². The molecule has 140 valence electrons. The van der Waals surface area contributed by atoms with Crippen LogP contribution in [0.3, 0.4) is 0 Å². The van der Waals surface area contributed by atoms with Crippen molar-refractivity contribution in [1.29, 1.82) is 0 Å². The van der Waals surface area contributed by atoms with Crippen molar-refractivity contribution < 1.29 is 4.74 Å². The Bertz CT molecular complexity index is 632. The summed E-state index contributed by atoms with van der Waals surface area (Å²) in [5, 5.41) is 10.3. The summed E-state index contributed by atoms with van der Waals surface area (Å²) in [4.78, 5) is 9.53. The minimum absolute atomic E-state index is 0.0919. The van der Waals surface area contributed by atoms with Crippen molar-refractivity contribution in [2.45, 2.75) is 72.1 Å². The molecule has 1 aromatic rings. The summed E-state index contributed by atoms with van der Waals surface area (Å²) in [6.07, 6.45) is 1.54. The Morgan fingerprint density at radius 1 is 1.44 bits per heavy atom. The molecule has 0 spiro atoms. The summed E-state index contributed by atoms with van der Waals surface area (Å²) in [6, 6.07) is 0.416. The minimum atomic E-state index is 0.0919. The van der Waals surface area contributed by atoms with Crippen LogP contribution in [0.4, 0.5) is 0 Å². The number of rotatable bonds is 4. The second kappa shape index (κ2) is 6.88. The quantitative estimate of drug-likeness (QED) is 0.636. The van der Waals surface area contributed by atoms with Gasteiger partial charge in [-0.15, -0.1) is 11.3 Å². The maximum Gasteiger partial charge on any atom is 0.191 e. The first-order valence-electron chi connectivity index (χ1n) is 9.35. The highest BCUT2D eigenvalue weighted by Gasteiger charge is 2.59. The lowest BCUT2D eigenvalue weighted by atomic mass is 9.57. The summed E-state index contributed by atoms with van der Waals surface area (Å²) < 4.78 is 5.89. The van der Waals surface area contributed by atoms with E-state index in [4.69, 9.17) is 14.7 Å². The Labute approximate surface area is 155 Å². The van der Waals surface area contributed by atoms with Gasteiger partial charge in [0, 0.05) is 41.3 Å². The molecule has 1 aliphatic carbocycles. The molecule has 0 radical (unpaired) electrons. The molecule has 1 saturated carbocycles. The largest absolute Gasteiger partial charge is 0.377 e. The van der Waals surface area contributed by atoms with E-state index in [1.54, 1.807) is 11.3 Å². The minimum Gasteiger partial charge on any atom is -0.377 e. The van der Waals surface area contributed by atoms with Crippen LogP contribution >= 0.6 is 11.3 Å². The average molecular weight is 365 g/mol. The molecule has 2 N–H and O–H groups in total. The lowest BCUT2D eigenvalue weighted by molar-refractivity contribution is -0.106. The Hall–Kier alpha value is -1.14. The first kappa shape index (κ1) is 18.6. The molecule has 0 aromatic carbocycles. The number of hydrogen-bond donors (Lipinski definition) is 2. The van der Waals surface area contributed by atoms with Crippen LogP contribution < -0.4 is 10.6 Å². The van der Waals surface area contributed by atoms with Crippen LogP contribution in [0.15, 0.2) is 10.4 Å². The lowest BCUT2D eigenvalue weighted by Crippen LogP contribution is -2.67. The van der Waals surface area contributed by atoms with Crippen molar-refractivity contribution in [1.82, 2.24) is 15.6 Å². The normalized spacial score (nSPS) is 28.4. The molecule has 1 aromatic heterocycles. The number of aliphatic imine (C=N–C) groups is 1. The van der Waals surface area contributed by atoms with Crippen LogP contribution in [0.2, 0.25) is 0 Å². The predicted octanol–water partition coefficient (Wildman–Crippen LogP) is 3.31. The van der Waals surface area contributed by atoms with Gasteiger partial charge in [-0.3, -0.25) is 0 Å². The van der Waals surface area contributed by atoms with Gasteiger partial charge in [-0.05, 0) is 13.3 Å². The van der Waals surface area contributed by atoms with Crippen molar-refractivity contribution in [3.63, 3.8) is 0 Å². The number of guanidine groups is 1. The smallest absolute Gasteiger partial charge is 0.191 e. The molecule has 3 unspecified atom stereocenters. The van der Waals surface area contributed by atoms with Gasteiger partial charge in [0.25, 0.3) is 0 Å². The van der Waals surface area contributed by atoms with Gasteiger partial charge >= 0.3 is 0 Å². The molecule has 2 fully saturated rings. The number of fused-ring (bicyclic) bond motifs is 1. The van der Waals surface area contributed by atoms with E-state index in [0.29, 0.717) is 24.6 Å². The SMILES string of the molecule is CCNC(=NCc1nc(C(C)(C)C)cs1)NC1C2CCOC2C1(C)C. The Balaban J connectivity index is 1.66. The van der Waals surface area contributed by atoms with Crippen molar-refractivity contribution in [2.24, 2.45) is 16.3 Å². The zero-order chi connectivity index (χ0) is 18.2. The number of ether oxygens (including phenoxy) is 1. The van der Waals surface area contributed by atoms with Gasteiger partial charge in [-0.1, -0.05) is 34.6 Å². The molecule has 25 heavy (non-hydrogen) atoms. The highest BCUT2D eigenvalue weighted by atomic mass is 32.1. The third-order valence-corrected chi connectivity index (χ3v) is 6.26. The predicted molar refractivity (Wildman–Crippen MR) is 104 cm³/mol. The Kier molecular flexibility index (Phi) is 5.13. The van der Waals surface area contributed by atoms with E-state index in [9.17, 15) is 0 Å². The second-order valence-corrected chi connectivity index (χ2v) is 9.70. The van der Waals surface area contributed by atoms with Crippen molar-refractivity contribution >= 4 is 17.3 Å². The van der Waals surface area contributed by atoms with E-state index in [1.165, 1.54) is 0 Å². The molecule has 1 aliphatic heterocycles. The van der Waals surface area contributed by atoms with Gasteiger partial charge in [0.15, 0.2) is 5.96 Å². The average Bonchev–Trinajstić information content (AvgIpc) is 3.17. The molecule has 0 bridgehead atoms. The summed E-state index contributed by atoms with van der Waals surface area (Å²) in [6.45, 7) is 15.6. The van der Waals surface area contributed by atoms with E-state index in [2.05, 4.69) is 57.6 Å². The summed E-state index contributed by atoms with van der Waals surface area (Å²) >= 11 is 1.70. The van der Waals surface area contributed by atoms with E-state index in [-0.39, 0.29) is 10.8 Å². The fourth-order valence-electron chi connectivity index (χ4n) is 3.96. The summed E-state index contributed by atoms with van der Waals surface area (Å²) in [5.41, 5.74) is 1.39. The lowest BCUT2D eigenvalue weighted by Gasteiger charge is -2.54. The molecule has 6 heteroatoms. The van der Waals surface area contributed by atoms with Gasteiger partial charge in [-0.2, -0.15) is 0 Å². The van der Waals surface area contributed by atoms with Crippen LogP contribution in [0, 0.1) is 11.3 Å². The van der Waals surface area contributed by atoms with Crippen LogP contribution in [0.5, 0.6) is 0 Å². The molecule has 3 atom stereocenters. The van der Waals surface area contributed by atoms with Crippen molar-refractivity contribution in [2.75, 3.05) is 13.2 Å². The number of nitrogens with one attached hydrogen (secondary N) is 2. The maximum absolute atomic E-state index is 5.89. The molecule has 1 saturated heterocycles.